The minimum atomic E-state index is 0.715. The zero-order valence-electron chi connectivity index (χ0n) is 7.91. The number of rotatable bonds is 1. The molecule has 0 atom stereocenters. The van der Waals surface area contributed by atoms with Crippen LogP contribution in [0.5, 0.6) is 0 Å². The zero-order valence-corrected chi connectivity index (χ0v) is 7.91. The first-order valence-corrected chi connectivity index (χ1v) is 3.96. The number of hydrogen-bond donors (Lipinski definition) is 3. The second-order valence-corrected chi connectivity index (χ2v) is 1.48. The van der Waals surface area contributed by atoms with Crippen LogP contribution < -0.4 is 11.2 Å². The maximum atomic E-state index is 8.29. The quantitative estimate of drug-likeness (QED) is 0.566. The zero-order chi connectivity index (χ0) is 9.82. The molecular weight excluding hydrogens is 152 g/mol. The number of nitrogens with two attached hydrogens (primary N) is 1. The molecule has 0 unspecified atom stereocenters. The Kier molecular flexibility index (Phi) is 14.2. The molecule has 0 spiro atoms. The van der Waals surface area contributed by atoms with E-state index >= 15 is 0 Å². The molecule has 70 valence electrons. The van der Waals surface area contributed by atoms with Gasteiger partial charge in [-0.2, -0.15) is 0 Å². The Morgan fingerprint density at radius 1 is 1.08 bits per heavy atom. The van der Waals surface area contributed by atoms with Gasteiger partial charge < -0.3 is 5.73 Å². The molecule has 0 aliphatic carbocycles. The fourth-order valence-corrected chi connectivity index (χ4v) is 0.513. The van der Waals surface area contributed by atoms with Crippen LogP contribution in [-0.2, 0) is 0 Å². The Balaban J connectivity index is 0. The van der Waals surface area contributed by atoms with Crippen LogP contribution in [-0.4, -0.2) is 12.3 Å². The van der Waals surface area contributed by atoms with Crippen LogP contribution in [0, 0.1) is 0 Å². The minimum absolute atomic E-state index is 0.715. The van der Waals surface area contributed by atoms with Crippen molar-refractivity contribution in [1.29, 1.82) is 0 Å². The SMILES string of the molecule is CC.CN.ONc1ccccc1. The highest BCUT2D eigenvalue weighted by Crippen LogP contribution is 2.01. The van der Waals surface area contributed by atoms with Crippen LogP contribution in [0.3, 0.4) is 0 Å². The summed E-state index contributed by atoms with van der Waals surface area (Å²) in [7, 11) is 1.50. The first-order valence-electron chi connectivity index (χ1n) is 3.96. The Bertz CT molecular complexity index is 154. The van der Waals surface area contributed by atoms with Gasteiger partial charge in [0, 0.05) is 0 Å². The smallest absolute Gasteiger partial charge is 0.0602 e. The maximum Gasteiger partial charge on any atom is 0.0602 e. The predicted octanol–water partition coefficient (Wildman–Crippen LogP) is 2.09. The summed E-state index contributed by atoms with van der Waals surface area (Å²) in [5.74, 6) is 0. The number of para-hydroxylation sites is 1. The Morgan fingerprint density at radius 2 is 1.50 bits per heavy atom. The summed E-state index contributed by atoms with van der Waals surface area (Å²) in [6.45, 7) is 4.00. The normalized spacial score (nSPS) is 6.75. The summed E-state index contributed by atoms with van der Waals surface area (Å²) >= 11 is 0. The lowest BCUT2D eigenvalue weighted by molar-refractivity contribution is 0.389. The van der Waals surface area contributed by atoms with Crippen LogP contribution >= 0.6 is 0 Å². The van der Waals surface area contributed by atoms with E-state index in [4.69, 9.17) is 5.21 Å². The Labute approximate surface area is 74.2 Å². The average molecular weight is 170 g/mol. The van der Waals surface area contributed by atoms with Gasteiger partial charge in [0.2, 0.25) is 0 Å². The van der Waals surface area contributed by atoms with Gasteiger partial charge in [-0.15, -0.1) is 0 Å². The van der Waals surface area contributed by atoms with E-state index in [-0.39, 0.29) is 0 Å². The molecule has 0 aliphatic rings. The van der Waals surface area contributed by atoms with Gasteiger partial charge in [0.25, 0.3) is 0 Å². The fraction of sp³-hybridized carbons (Fsp3) is 0.333. The highest BCUT2D eigenvalue weighted by atomic mass is 16.5. The largest absolute Gasteiger partial charge is 0.333 e. The average Bonchev–Trinajstić information content (AvgIpc) is 2.25. The second-order valence-electron chi connectivity index (χ2n) is 1.48. The van der Waals surface area contributed by atoms with Gasteiger partial charge in [0.1, 0.15) is 0 Å². The van der Waals surface area contributed by atoms with E-state index in [2.05, 4.69) is 5.73 Å². The third-order valence-electron chi connectivity index (χ3n) is 0.903. The molecule has 0 amide bonds. The van der Waals surface area contributed by atoms with Crippen molar-refractivity contribution in [3.8, 4) is 0 Å². The van der Waals surface area contributed by atoms with Crippen molar-refractivity contribution < 1.29 is 5.21 Å². The first-order chi connectivity index (χ1) is 5.93. The van der Waals surface area contributed by atoms with E-state index in [9.17, 15) is 0 Å². The molecule has 0 radical (unpaired) electrons. The molecule has 1 aromatic rings. The van der Waals surface area contributed by atoms with E-state index in [0.29, 0.717) is 5.69 Å². The van der Waals surface area contributed by atoms with Crippen LogP contribution in [0.2, 0.25) is 0 Å². The molecule has 0 aliphatic heterocycles. The number of benzene rings is 1. The van der Waals surface area contributed by atoms with Gasteiger partial charge in [0.15, 0.2) is 0 Å². The van der Waals surface area contributed by atoms with Crippen molar-refractivity contribution in [3.63, 3.8) is 0 Å². The van der Waals surface area contributed by atoms with Gasteiger partial charge in [-0.3, -0.25) is 10.7 Å². The van der Waals surface area contributed by atoms with E-state index in [1.807, 2.05) is 37.5 Å². The standard InChI is InChI=1S/C6H7NO.C2H6.CH5N/c8-7-6-4-2-1-3-5-6;2*1-2/h1-5,7-8H;1-2H3;2H2,1H3. The molecule has 0 heterocycles. The molecule has 0 saturated carbocycles. The van der Waals surface area contributed by atoms with Crippen molar-refractivity contribution in [2.45, 2.75) is 13.8 Å². The van der Waals surface area contributed by atoms with Gasteiger partial charge in [-0.25, -0.2) is 0 Å². The van der Waals surface area contributed by atoms with Crippen molar-refractivity contribution in [1.82, 2.24) is 0 Å². The lowest BCUT2D eigenvalue weighted by Crippen LogP contribution is -1.85. The molecule has 1 aromatic carbocycles. The maximum absolute atomic E-state index is 8.29. The summed E-state index contributed by atoms with van der Waals surface area (Å²) < 4.78 is 0. The molecule has 3 nitrogen and oxygen atoms in total. The van der Waals surface area contributed by atoms with Gasteiger partial charge in [0.05, 0.1) is 5.69 Å². The molecule has 0 saturated heterocycles. The molecule has 3 heteroatoms. The van der Waals surface area contributed by atoms with Crippen LogP contribution in [0.15, 0.2) is 30.3 Å². The van der Waals surface area contributed by atoms with Crippen molar-refractivity contribution >= 4 is 5.69 Å². The summed E-state index contributed by atoms with van der Waals surface area (Å²) in [4.78, 5) is 0. The van der Waals surface area contributed by atoms with Crippen molar-refractivity contribution in [3.05, 3.63) is 30.3 Å². The summed E-state index contributed by atoms with van der Waals surface area (Å²) in [5.41, 5.74) is 7.24. The highest BCUT2D eigenvalue weighted by Gasteiger charge is 1.79. The monoisotopic (exact) mass is 170 g/mol. The fourth-order valence-electron chi connectivity index (χ4n) is 0.513. The lowest BCUT2D eigenvalue weighted by Gasteiger charge is -1.92. The van der Waals surface area contributed by atoms with Crippen LogP contribution in [0.4, 0.5) is 5.69 Å². The summed E-state index contributed by atoms with van der Waals surface area (Å²) in [6, 6.07) is 9.14. The van der Waals surface area contributed by atoms with E-state index < -0.39 is 0 Å². The van der Waals surface area contributed by atoms with Crippen molar-refractivity contribution in [2.24, 2.45) is 5.73 Å². The summed E-state index contributed by atoms with van der Waals surface area (Å²) in [6.07, 6.45) is 0. The predicted molar refractivity (Wildman–Crippen MR) is 53.3 cm³/mol. The number of anilines is 1. The minimum Gasteiger partial charge on any atom is -0.333 e. The number of nitrogens with one attached hydrogen (secondary N) is 1. The van der Waals surface area contributed by atoms with E-state index in [1.54, 1.807) is 12.1 Å². The molecule has 12 heavy (non-hydrogen) atoms. The third kappa shape index (κ3) is 7.05. The summed E-state index contributed by atoms with van der Waals surface area (Å²) in [5, 5.41) is 8.29. The Hall–Kier alpha value is -1.06. The Morgan fingerprint density at radius 3 is 1.75 bits per heavy atom. The van der Waals surface area contributed by atoms with Crippen LogP contribution in [0.25, 0.3) is 0 Å². The van der Waals surface area contributed by atoms with Gasteiger partial charge >= 0.3 is 0 Å². The van der Waals surface area contributed by atoms with E-state index in [1.165, 1.54) is 7.05 Å². The third-order valence-corrected chi connectivity index (χ3v) is 0.903. The number of hydrogen-bond acceptors (Lipinski definition) is 3. The second kappa shape index (κ2) is 12.6. The van der Waals surface area contributed by atoms with Crippen molar-refractivity contribution in [2.75, 3.05) is 12.5 Å². The molecule has 0 aromatic heterocycles. The topological polar surface area (TPSA) is 58.3 Å². The molecule has 0 fully saturated rings. The lowest BCUT2D eigenvalue weighted by atomic mass is 10.3. The van der Waals surface area contributed by atoms with E-state index in [0.717, 1.165) is 0 Å². The molecule has 1 rings (SSSR count). The van der Waals surface area contributed by atoms with Crippen LogP contribution in [0.1, 0.15) is 13.8 Å². The van der Waals surface area contributed by atoms with Gasteiger partial charge in [-0.1, -0.05) is 32.0 Å². The van der Waals surface area contributed by atoms with Gasteiger partial charge in [-0.05, 0) is 19.2 Å². The molecule has 4 N–H and O–H groups in total. The first kappa shape index (κ1) is 13.5. The molecule has 0 bridgehead atoms. The highest BCUT2D eigenvalue weighted by molar-refractivity contribution is 5.39. The molecular formula is C9H18N2O.